The van der Waals surface area contributed by atoms with Crippen molar-refractivity contribution in [1.29, 1.82) is 0 Å². The number of hydrogen-bond acceptors (Lipinski definition) is 2. The molecule has 4 heteroatoms. The predicted octanol–water partition coefficient (Wildman–Crippen LogP) is 5.09. The zero-order valence-electron chi connectivity index (χ0n) is 12.2. The van der Waals surface area contributed by atoms with Gasteiger partial charge < -0.3 is 0 Å². The van der Waals surface area contributed by atoms with Crippen molar-refractivity contribution in [1.82, 2.24) is 5.43 Å². The topological polar surface area (TPSA) is 29.7 Å². The Labute approximate surface area is 139 Å². The van der Waals surface area contributed by atoms with Gasteiger partial charge in [-0.15, -0.1) is 5.43 Å². The van der Waals surface area contributed by atoms with Gasteiger partial charge in [-0.3, -0.25) is 0 Å². The number of hydrogen-bond donors (Lipinski definition) is 0. The minimum atomic E-state index is 0.665. The van der Waals surface area contributed by atoms with Crippen LogP contribution in [0.5, 0.6) is 0 Å². The van der Waals surface area contributed by atoms with Gasteiger partial charge in [-0.05, 0) is 30.3 Å². The fraction of sp³-hybridized carbons (Fsp3) is 0. The van der Waals surface area contributed by atoms with Crippen molar-refractivity contribution in [3.05, 3.63) is 89.4 Å². The Morgan fingerprint density at radius 2 is 1.48 bits per heavy atom. The van der Waals surface area contributed by atoms with Gasteiger partial charge in [-0.2, -0.15) is 0 Å². The van der Waals surface area contributed by atoms with Crippen LogP contribution in [0.3, 0.4) is 0 Å². The average molecular weight is 319 g/mol. The fourth-order valence-corrected chi connectivity index (χ4v) is 2.69. The normalized spacial score (nSPS) is 13.1. The first-order valence-corrected chi connectivity index (χ1v) is 7.69. The highest BCUT2D eigenvalue weighted by atomic mass is 35.5. The SMILES string of the molecule is Clc1ccc2c(c1)N(c1ccccc1)[N]C(c1ccccc1)=N2. The Kier molecular flexibility index (Phi) is 3.48. The summed E-state index contributed by atoms with van der Waals surface area (Å²) in [7, 11) is 0. The summed E-state index contributed by atoms with van der Waals surface area (Å²) in [6, 6.07) is 25.6. The molecule has 0 spiro atoms. The van der Waals surface area contributed by atoms with Crippen LogP contribution in [-0.2, 0) is 0 Å². The lowest BCUT2D eigenvalue weighted by Crippen LogP contribution is -2.35. The molecule has 0 atom stereocenters. The van der Waals surface area contributed by atoms with E-state index < -0.39 is 0 Å². The van der Waals surface area contributed by atoms with Crippen LogP contribution >= 0.6 is 11.6 Å². The van der Waals surface area contributed by atoms with E-state index in [0.29, 0.717) is 10.9 Å². The molecular formula is C19H13ClN3. The average Bonchev–Trinajstić information content (AvgIpc) is 2.62. The quantitative estimate of drug-likeness (QED) is 0.647. The molecule has 0 bridgehead atoms. The van der Waals surface area contributed by atoms with Crippen LogP contribution in [0, 0.1) is 0 Å². The second-order valence-electron chi connectivity index (χ2n) is 5.18. The minimum Gasteiger partial charge on any atom is -0.229 e. The number of amidine groups is 1. The van der Waals surface area contributed by atoms with Crippen LogP contribution in [0.1, 0.15) is 5.56 Å². The summed E-state index contributed by atoms with van der Waals surface area (Å²) in [6.07, 6.45) is 0. The number of benzene rings is 3. The van der Waals surface area contributed by atoms with Gasteiger partial charge in [-0.1, -0.05) is 60.1 Å². The second-order valence-corrected chi connectivity index (χ2v) is 5.62. The van der Waals surface area contributed by atoms with Crippen LogP contribution in [-0.4, -0.2) is 5.84 Å². The molecule has 1 heterocycles. The van der Waals surface area contributed by atoms with E-state index in [1.54, 1.807) is 0 Å². The minimum absolute atomic E-state index is 0.665. The molecule has 111 valence electrons. The van der Waals surface area contributed by atoms with Gasteiger partial charge in [0.2, 0.25) is 0 Å². The Morgan fingerprint density at radius 3 is 2.22 bits per heavy atom. The highest BCUT2D eigenvalue weighted by Gasteiger charge is 2.23. The molecule has 1 aliphatic rings. The fourth-order valence-electron chi connectivity index (χ4n) is 2.52. The molecule has 0 amide bonds. The third kappa shape index (κ3) is 2.67. The summed E-state index contributed by atoms with van der Waals surface area (Å²) in [5.74, 6) is 0.685. The molecule has 0 unspecified atom stereocenters. The summed E-state index contributed by atoms with van der Waals surface area (Å²) in [5, 5.41) is 2.55. The highest BCUT2D eigenvalue weighted by Crippen LogP contribution is 2.38. The van der Waals surface area contributed by atoms with Gasteiger partial charge in [0.15, 0.2) is 5.84 Å². The molecule has 0 saturated carbocycles. The maximum absolute atomic E-state index is 6.17. The maximum atomic E-state index is 6.17. The maximum Gasteiger partial charge on any atom is 0.180 e. The molecule has 0 fully saturated rings. The number of aliphatic imine (C=N–C) groups is 1. The van der Waals surface area contributed by atoms with Crippen molar-refractivity contribution in [2.75, 3.05) is 5.01 Å². The third-order valence-corrected chi connectivity index (χ3v) is 3.85. The monoisotopic (exact) mass is 318 g/mol. The van der Waals surface area contributed by atoms with E-state index >= 15 is 0 Å². The van der Waals surface area contributed by atoms with E-state index in [9.17, 15) is 0 Å². The van der Waals surface area contributed by atoms with Crippen molar-refractivity contribution in [3.8, 4) is 0 Å². The van der Waals surface area contributed by atoms with Crippen LogP contribution in [0.15, 0.2) is 83.9 Å². The summed E-state index contributed by atoms with van der Waals surface area (Å²) in [5.41, 5.74) is 8.41. The largest absolute Gasteiger partial charge is 0.229 e. The number of nitrogens with zero attached hydrogens (tertiary/aromatic N) is 3. The summed E-state index contributed by atoms with van der Waals surface area (Å²) >= 11 is 6.17. The van der Waals surface area contributed by atoms with Crippen molar-refractivity contribution in [3.63, 3.8) is 0 Å². The molecular weight excluding hydrogens is 306 g/mol. The number of halogens is 1. The zero-order chi connectivity index (χ0) is 15.6. The lowest BCUT2D eigenvalue weighted by atomic mass is 10.1. The second kappa shape index (κ2) is 5.78. The Morgan fingerprint density at radius 1 is 0.783 bits per heavy atom. The van der Waals surface area contributed by atoms with Crippen LogP contribution in [0.25, 0.3) is 0 Å². The summed E-state index contributed by atoms with van der Waals surface area (Å²) < 4.78 is 0. The van der Waals surface area contributed by atoms with Crippen LogP contribution in [0.4, 0.5) is 17.1 Å². The summed E-state index contributed by atoms with van der Waals surface area (Å²) in [6.45, 7) is 0. The number of fused-ring (bicyclic) bond motifs is 1. The van der Waals surface area contributed by atoms with Gasteiger partial charge in [0.05, 0.1) is 17.1 Å². The van der Waals surface area contributed by atoms with Gasteiger partial charge in [0.25, 0.3) is 0 Å². The molecule has 4 rings (SSSR count). The first-order chi connectivity index (χ1) is 11.3. The van der Waals surface area contributed by atoms with E-state index in [1.807, 2.05) is 83.9 Å². The first kappa shape index (κ1) is 13.9. The Bertz CT molecular complexity index is 860. The van der Waals surface area contributed by atoms with Gasteiger partial charge in [-0.25, -0.2) is 10.0 Å². The van der Waals surface area contributed by atoms with Gasteiger partial charge >= 0.3 is 0 Å². The Balaban J connectivity index is 1.86. The lowest BCUT2D eigenvalue weighted by molar-refractivity contribution is 0.898. The van der Waals surface area contributed by atoms with Gasteiger partial charge in [0.1, 0.15) is 0 Å². The molecule has 3 nitrogen and oxygen atoms in total. The molecule has 0 saturated heterocycles. The van der Waals surface area contributed by atoms with Crippen molar-refractivity contribution >= 4 is 34.5 Å². The molecule has 0 N–H and O–H groups in total. The van der Waals surface area contributed by atoms with Crippen molar-refractivity contribution in [2.45, 2.75) is 0 Å². The highest BCUT2D eigenvalue weighted by molar-refractivity contribution is 6.31. The van der Waals surface area contributed by atoms with E-state index in [1.165, 1.54) is 0 Å². The van der Waals surface area contributed by atoms with E-state index in [0.717, 1.165) is 22.6 Å². The number of anilines is 2. The summed E-state index contributed by atoms with van der Waals surface area (Å²) in [4.78, 5) is 4.68. The van der Waals surface area contributed by atoms with E-state index in [-0.39, 0.29) is 0 Å². The number of para-hydroxylation sites is 1. The van der Waals surface area contributed by atoms with E-state index in [2.05, 4.69) is 4.99 Å². The molecule has 0 aliphatic carbocycles. The number of rotatable bonds is 2. The molecule has 3 aromatic carbocycles. The standard InChI is InChI=1S/C19H13ClN3/c20-15-11-12-17-18(13-15)23(16-9-5-2-6-10-16)22-19(21-17)14-7-3-1-4-8-14/h1-13H. The molecule has 0 aromatic heterocycles. The molecule has 1 aliphatic heterocycles. The molecule has 23 heavy (non-hydrogen) atoms. The first-order valence-electron chi connectivity index (χ1n) is 7.32. The smallest absolute Gasteiger partial charge is 0.180 e. The molecule has 3 aromatic rings. The van der Waals surface area contributed by atoms with Crippen LogP contribution < -0.4 is 10.4 Å². The predicted molar refractivity (Wildman–Crippen MR) is 94.8 cm³/mol. The van der Waals surface area contributed by atoms with Crippen molar-refractivity contribution in [2.24, 2.45) is 4.99 Å². The molecule has 1 radical (unpaired) electrons. The van der Waals surface area contributed by atoms with Gasteiger partial charge in [0, 0.05) is 10.6 Å². The van der Waals surface area contributed by atoms with Crippen molar-refractivity contribution < 1.29 is 0 Å². The van der Waals surface area contributed by atoms with E-state index in [4.69, 9.17) is 17.0 Å². The zero-order valence-corrected chi connectivity index (χ0v) is 13.0. The van der Waals surface area contributed by atoms with Crippen LogP contribution in [0.2, 0.25) is 5.02 Å². The third-order valence-electron chi connectivity index (χ3n) is 3.62. The Hall–Kier alpha value is -2.78. The lowest BCUT2D eigenvalue weighted by Gasteiger charge is -2.29.